The number of benzene rings is 2. The first-order valence-electron chi connectivity index (χ1n) is 11.7. The highest BCUT2D eigenvalue weighted by atomic mass is 16.5. The van der Waals surface area contributed by atoms with E-state index in [9.17, 15) is 19.5 Å². The second-order valence-electron chi connectivity index (χ2n) is 8.73. The summed E-state index contributed by atoms with van der Waals surface area (Å²) in [5, 5.41) is 14.6. The normalized spacial score (nSPS) is 19.5. The van der Waals surface area contributed by atoms with Gasteiger partial charge in [0.25, 0.3) is 0 Å². The molecule has 35 heavy (non-hydrogen) atoms. The van der Waals surface area contributed by atoms with Crippen LogP contribution in [-0.4, -0.2) is 68.7 Å². The van der Waals surface area contributed by atoms with E-state index in [1.807, 2.05) is 36.4 Å². The predicted octanol–water partition coefficient (Wildman–Crippen LogP) is 2.54. The Balaban J connectivity index is 1.35. The van der Waals surface area contributed by atoms with Crippen LogP contribution in [0.25, 0.3) is 11.1 Å². The number of fused-ring (bicyclic) bond motifs is 3. The van der Waals surface area contributed by atoms with Gasteiger partial charge >= 0.3 is 12.1 Å². The summed E-state index contributed by atoms with van der Waals surface area (Å²) in [6, 6.07) is 15.2. The fourth-order valence-corrected chi connectivity index (χ4v) is 4.76. The van der Waals surface area contributed by atoms with E-state index in [1.54, 1.807) is 0 Å². The van der Waals surface area contributed by atoms with Crippen LogP contribution in [0.2, 0.25) is 0 Å². The van der Waals surface area contributed by atoms with Gasteiger partial charge < -0.3 is 30.0 Å². The lowest BCUT2D eigenvalue weighted by atomic mass is 9.98. The summed E-state index contributed by atoms with van der Waals surface area (Å²) in [6.45, 7) is 0.873. The number of carbonyl (C=O) groups is 3. The van der Waals surface area contributed by atoms with Gasteiger partial charge in [-0.25, -0.2) is 9.59 Å². The Kier molecular flexibility index (Phi) is 7.99. The molecule has 0 saturated carbocycles. The molecule has 0 radical (unpaired) electrons. The van der Waals surface area contributed by atoms with Gasteiger partial charge in [0.15, 0.2) is 6.10 Å². The third kappa shape index (κ3) is 5.63. The fraction of sp³-hybridized carbons (Fsp3) is 0.423. The van der Waals surface area contributed by atoms with Crippen molar-refractivity contribution in [2.24, 2.45) is 5.92 Å². The molecule has 1 aliphatic carbocycles. The van der Waals surface area contributed by atoms with Crippen molar-refractivity contribution in [1.29, 1.82) is 0 Å². The van der Waals surface area contributed by atoms with Gasteiger partial charge in [-0.15, -0.1) is 0 Å². The Morgan fingerprint density at radius 1 is 1.09 bits per heavy atom. The van der Waals surface area contributed by atoms with Crippen LogP contribution in [0.4, 0.5) is 4.79 Å². The SMILES string of the molecule is COCCC(NC(=O)OCC1c2ccccc2-c2ccccc21)C(=O)NC[C@@H]1CCO[C@@H]1C(=O)O. The average Bonchev–Trinajstić information content (AvgIpc) is 3.47. The molecule has 3 N–H and O–H groups in total. The van der Waals surface area contributed by atoms with E-state index in [0.29, 0.717) is 13.0 Å². The summed E-state index contributed by atoms with van der Waals surface area (Å²) in [5.74, 6) is -1.88. The third-order valence-corrected chi connectivity index (χ3v) is 6.56. The largest absolute Gasteiger partial charge is 0.479 e. The summed E-state index contributed by atoms with van der Waals surface area (Å²) < 4.78 is 15.9. The van der Waals surface area contributed by atoms with Gasteiger partial charge in [0.05, 0.1) is 0 Å². The Bertz CT molecular complexity index is 1030. The predicted molar refractivity (Wildman–Crippen MR) is 127 cm³/mol. The van der Waals surface area contributed by atoms with Crippen molar-refractivity contribution in [3.8, 4) is 11.1 Å². The van der Waals surface area contributed by atoms with Crippen molar-refractivity contribution in [3.63, 3.8) is 0 Å². The summed E-state index contributed by atoms with van der Waals surface area (Å²) in [5.41, 5.74) is 4.46. The van der Waals surface area contributed by atoms with E-state index in [0.717, 1.165) is 22.3 Å². The molecule has 1 saturated heterocycles. The molecule has 186 valence electrons. The quantitative estimate of drug-likeness (QED) is 0.476. The minimum atomic E-state index is -1.05. The average molecular weight is 483 g/mol. The van der Waals surface area contributed by atoms with Crippen LogP contribution in [0.15, 0.2) is 48.5 Å². The number of nitrogens with one attached hydrogen (secondary N) is 2. The van der Waals surface area contributed by atoms with E-state index in [2.05, 4.69) is 22.8 Å². The van der Waals surface area contributed by atoms with Crippen molar-refractivity contribution in [3.05, 3.63) is 59.7 Å². The lowest BCUT2D eigenvalue weighted by Gasteiger charge is -2.21. The van der Waals surface area contributed by atoms with Crippen LogP contribution >= 0.6 is 0 Å². The molecular weight excluding hydrogens is 452 g/mol. The molecule has 4 rings (SSSR count). The smallest absolute Gasteiger partial charge is 0.407 e. The number of ether oxygens (including phenoxy) is 3. The number of carbonyl (C=O) groups excluding carboxylic acids is 2. The van der Waals surface area contributed by atoms with Crippen molar-refractivity contribution in [1.82, 2.24) is 10.6 Å². The van der Waals surface area contributed by atoms with Gasteiger partial charge in [-0.1, -0.05) is 48.5 Å². The van der Waals surface area contributed by atoms with Crippen LogP contribution in [0, 0.1) is 5.92 Å². The zero-order chi connectivity index (χ0) is 24.8. The molecule has 3 atom stereocenters. The first kappa shape index (κ1) is 24.7. The van der Waals surface area contributed by atoms with Crippen LogP contribution in [0.3, 0.4) is 0 Å². The number of rotatable bonds is 10. The maximum atomic E-state index is 12.8. The molecule has 9 heteroatoms. The van der Waals surface area contributed by atoms with Crippen molar-refractivity contribution >= 4 is 18.0 Å². The summed E-state index contributed by atoms with van der Waals surface area (Å²) in [6.07, 6.45) is -0.853. The molecule has 0 aromatic heterocycles. The topological polar surface area (TPSA) is 123 Å². The number of aliphatic carboxylic acids is 1. The minimum Gasteiger partial charge on any atom is -0.479 e. The van der Waals surface area contributed by atoms with Crippen LogP contribution in [-0.2, 0) is 23.8 Å². The fourth-order valence-electron chi connectivity index (χ4n) is 4.76. The molecule has 2 aliphatic rings. The van der Waals surface area contributed by atoms with E-state index in [1.165, 1.54) is 7.11 Å². The second kappa shape index (κ2) is 11.3. The highest BCUT2D eigenvalue weighted by Crippen LogP contribution is 2.44. The Morgan fingerprint density at radius 2 is 1.74 bits per heavy atom. The van der Waals surface area contributed by atoms with E-state index in [-0.39, 0.29) is 38.0 Å². The number of carboxylic acids is 1. The summed E-state index contributed by atoms with van der Waals surface area (Å²) >= 11 is 0. The van der Waals surface area contributed by atoms with Gasteiger partial charge in [-0.05, 0) is 28.7 Å². The number of methoxy groups -OCH3 is 1. The molecule has 1 aliphatic heterocycles. The summed E-state index contributed by atoms with van der Waals surface area (Å²) in [7, 11) is 1.51. The van der Waals surface area contributed by atoms with Crippen molar-refractivity contribution < 1.29 is 33.7 Å². The monoisotopic (exact) mass is 482 g/mol. The first-order chi connectivity index (χ1) is 17.0. The highest BCUT2D eigenvalue weighted by molar-refractivity contribution is 5.86. The van der Waals surface area contributed by atoms with Crippen molar-refractivity contribution in [2.45, 2.75) is 30.9 Å². The molecular formula is C26H30N2O7. The molecule has 1 fully saturated rings. The van der Waals surface area contributed by atoms with Gasteiger partial charge in [-0.2, -0.15) is 0 Å². The molecule has 1 unspecified atom stereocenters. The highest BCUT2D eigenvalue weighted by Gasteiger charge is 2.35. The van der Waals surface area contributed by atoms with Crippen LogP contribution in [0.1, 0.15) is 29.9 Å². The van der Waals surface area contributed by atoms with E-state index in [4.69, 9.17) is 14.2 Å². The zero-order valence-corrected chi connectivity index (χ0v) is 19.6. The Morgan fingerprint density at radius 3 is 2.37 bits per heavy atom. The number of hydrogen-bond acceptors (Lipinski definition) is 6. The molecule has 0 bridgehead atoms. The molecule has 0 spiro atoms. The molecule has 2 aromatic rings. The third-order valence-electron chi connectivity index (χ3n) is 6.56. The lowest BCUT2D eigenvalue weighted by molar-refractivity contribution is -0.149. The minimum absolute atomic E-state index is 0.0882. The summed E-state index contributed by atoms with van der Waals surface area (Å²) in [4.78, 5) is 36.7. The number of alkyl carbamates (subject to hydrolysis) is 1. The Labute approximate surface area is 203 Å². The van der Waals surface area contributed by atoms with E-state index < -0.39 is 30.1 Å². The van der Waals surface area contributed by atoms with E-state index >= 15 is 0 Å². The Hall–Kier alpha value is -3.43. The second-order valence-corrected chi connectivity index (χ2v) is 8.73. The molecule has 9 nitrogen and oxygen atoms in total. The zero-order valence-electron chi connectivity index (χ0n) is 19.6. The number of carboxylic acid groups (broad SMARTS) is 1. The first-order valence-corrected chi connectivity index (χ1v) is 11.7. The van der Waals surface area contributed by atoms with Gasteiger partial charge in [0.2, 0.25) is 5.91 Å². The maximum Gasteiger partial charge on any atom is 0.407 e. The molecule has 2 amide bonds. The van der Waals surface area contributed by atoms with Crippen molar-refractivity contribution in [2.75, 3.05) is 33.5 Å². The standard InChI is InChI=1S/C26H30N2O7/c1-33-12-11-22(24(29)27-14-16-10-13-34-23(16)25(30)31)28-26(32)35-15-21-19-8-4-2-6-17(19)18-7-3-5-9-20(18)21/h2-9,16,21-23H,10-15H2,1H3,(H,27,29)(H,28,32)(H,30,31)/t16-,22?,23-/m0/s1. The lowest BCUT2D eigenvalue weighted by Crippen LogP contribution is -2.49. The molecule has 1 heterocycles. The maximum absolute atomic E-state index is 12.8. The van der Waals surface area contributed by atoms with Gasteiger partial charge in [0, 0.05) is 45.1 Å². The van der Waals surface area contributed by atoms with Crippen LogP contribution in [0.5, 0.6) is 0 Å². The van der Waals surface area contributed by atoms with Gasteiger partial charge in [0.1, 0.15) is 12.6 Å². The number of amides is 2. The molecule has 2 aromatic carbocycles. The van der Waals surface area contributed by atoms with Gasteiger partial charge in [-0.3, -0.25) is 4.79 Å². The van der Waals surface area contributed by atoms with Crippen LogP contribution < -0.4 is 10.6 Å². The number of hydrogen-bond donors (Lipinski definition) is 3.